The van der Waals surface area contributed by atoms with E-state index in [0.29, 0.717) is 0 Å². The Hall–Kier alpha value is -2.55. The van der Waals surface area contributed by atoms with Gasteiger partial charge in [0.15, 0.2) is 0 Å². The lowest BCUT2D eigenvalue weighted by Crippen LogP contribution is -2.32. The molecule has 4 aromatic rings. The molecular formula is C17H14N3+. The van der Waals surface area contributed by atoms with Crippen LogP contribution in [0.5, 0.6) is 0 Å². The average Bonchev–Trinajstić information content (AvgIpc) is 2.48. The molecule has 0 saturated carbocycles. The maximum Gasteiger partial charge on any atom is 0.286 e. The van der Waals surface area contributed by atoms with Gasteiger partial charge in [-0.3, -0.25) is 0 Å². The number of para-hydroxylation sites is 1. The molecule has 0 radical (unpaired) electrons. The average molecular weight is 260 g/mol. The smallest absolute Gasteiger partial charge is 0.243 e. The molecule has 2 heterocycles. The van der Waals surface area contributed by atoms with Crippen molar-refractivity contribution in [1.29, 1.82) is 0 Å². The number of hydrogen-bond donors (Lipinski definition) is 0. The zero-order valence-corrected chi connectivity index (χ0v) is 11.5. The van der Waals surface area contributed by atoms with Gasteiger partial charge in [0.25, 0.3) is 6.33 Å². The van der Waals surface area contributed by atoms with Gasteiger partial charge in [0.05, 0.1) is 18.0 Å². The third kappa shape index (κ3) is 1.50. The van der Waals surface area contributed by atoms with E-state index in [0.717, 1.165) is 32.7 Å². The molecule has 0 aliphatic carbocycles. The van der Waals surface area contributed by atoms with Gasteiger partial charge in [-0.25, -0.2) is 9.55 Å². The monoisotopic (exact) mass is 260 g/mol. The number of fused-ring (bicyclic) bond motifs is 4. The minimum Gasteiger partial charge on any atom is -0.243 e. The third-order valence-corrected chi connectivity index (χ3v) is 3.94. The Labute approximate surface area is 116 Å². The molecular weight excluding hydrogens is 246 g/mol. The second-order valence-electron chi connectivity index (χ2n) is 5.16. The first-order valence-electron chi connectivity index (χ1n) is 6.67. The lowest BCUT2D eigenvalue weighted by molar-refractivity contribution is -0.679. The second kappa shape index (κ2) is 3.97. The summed E-state index contributed by atoms with van der Waals surface area (Å²) in [7, 11) is 2.01. The maximum absolute atomic E-state index is 4.80. The molecule has 4 rings (SSSR count). The second-order valence-corrected chi connectivity index (χ2v) is 5.16. The third-order valence-electron chi connectivity index (χ3n) is 3.94. The van der Waals surface area contributed by atoms with E-state index in [2.05, 4.69) is 36.2 Å². The van der Waals surface area contributed by atoms with Gasteiger partial charge in [0, 0.05) is 10.8 Å². The minimum absolute atomic E-state index is 0.976. The first-order valence-corrected chi connectivity index (χ1v) is 6.67. The Kier molecular flexibility index (Phi) is 2.24. The molecule has 0 N–H and O–H groups in total. The highest BCUT2D eigenvalue weighted by Crippen LogP contribution is 2.25. The van der Waals surface area contributed by atoms with E-state index in [1.165, 1.54) is 5.69 Å². The van der Waals surface area contributed by atoms with Crippen LogP contribution in [0.25, 0.3) is 32.7 Å². The van der Waals surface area contributed by atoms with Crippen molar-refractivity contribution in [2.45, 2.75) is 6.92 Å². The molecule has 0 spiro atoms. The van der Waals surface area contributed by atoms with Crippen LogP contribution < -0.4 is 4.57 Å². The summed E-state index contributed by atoms with van der Waals surface area (Å²) in [6.07, 6.45) is 1.86. The molecule has 0 unspecified atom stereocenters. The first-order chi connectivity index (χ1) is 9.74. The molecule has 2 aromatic heterocycles. The van der Waals surface area contributed by atoms with Crippen molar-refractivity contribution in [3.8, 4) is 0 Å². The van der Waals surface area contributed by atoms with E-state index in [1.54, 1.807) is 0 Å². The molecule has 3 nitrogen and oxygen atoms in total. The number of aromatic nitrogens is 3. The van der Waals surface area contributed by atoms with Gasteiger partial charge in [-0.15, -0.1) is 0 Å². The number of rotatable bonds is 0. The summed E-state index contributed by atoms with van der Waals surface area (Å²) in [5, 5.41) is 3.46. The van der Waals surface area contributed by atoms with E-state index in [1.807, 2.05) is 36.1 Å². The minimum atomic E-state index is 0.976. The van der Waals surface area contributed by atoms with Gasteiger partial charge in [0.2, 0.25) is 5.52 Å². The van der Waals surface area contributed by atoms with E-state index in [-0.39, 0.29) is 0 Å². The Balaban J connectivity index is 2.24. The lowest BCUT2D eigenvalue weighted by atomic mass is 10.1. The molecule has 0 bridgehead atoms. The molecule has 3 heteroatoms. The number of hydrogen-bond acceptors (Lipinski definition) is 2. The summed E-state index contributed by atoms with van der Waals surface area (Å²) in [4.78, 5) is 9.38. The van der Waals surface area contributed by atoms with E-state index < -0.39 is 0 Å². The maximum atomic E-state index is 4.80. The van der Waals surface area contributed by atoms with Gasteiger partial charge in [-0.1, -0.05) is 24.3 Å². The van der Waals surface area contributed by atoms with Crippen LogP contribution >= 0.6 is 0 Å². The van der Waals surface area contributed by atoms with Gasteiger partial charge < -0.3 is 0 Å². The van der Waals surface area contributed by atoms with Crippen LogP contribution in [0.1, 0.15) is 5.69 Å². The first kappa shape index (κ1) is 11.3. The molecule has 0 fully saturated rings. The number of pyridine rings is 1. The molecule has 0 aliphatic rings. The fourth-order valence-corrected chi connectivity index (χ4v) is 2.67. The highest BCUT2D eigenvalue weighted by Gasteiger charge is 2.13. The predicted octanol–water partition coefficient (Wildman–Crippen LogP) is 3.07. The SMILES string of the molecule is Cc1c2ccc3cc4ccccc4nc3c2nc[n+]1C. The van der Waals surface area contributed by atoms with Crippen LogP contribution in [0, 0.1) is 6.92 Å². The lowest BCUT2D eigenvalue weighted by Gasteiger charge is -2.04. The quantitative estimate of drug-likeness (QED) is 0.276. The van der Waals surface area contributed by atoms with E-state index in [4.69, 9.17) is 4.98 Å². The van der Waals surface area contributed by atoms with Crippen molar-refractivity contribution in [2.75, 3.05) is 0 Å². The summed E-state index contributed by atoms with van der Waals surface area (Å²) in [5.41, 5.74) is 4.17. The van der Waals surface area contributed by atoms with Crippen molar-refractivity contribution < 1.29 is 4.57 Å². The topological polar surface area (TPSA) is 29.7 Å². The van der Waals surface area contributed by atoms with Crippen molar-refractivity contribution >= 4 is 32.7 Å². The number of benzene rings is 2. The zero-order valence-electron chi connectivity index (χ0n) is 11.5. The van der Waals surface area contributed by atoms with E-state index in [9.17, 15) is 0 Å². The number of aryl methyl sites for hydroxylation is 2. The van der Waals surface area contributed by atoms with Gasteiger partial charge >= 0.3 is 0 Å². The van der Waals surface area contributed by atoms with Crippen molar-refractivity contribution in [1.82, 2.24) is 9.97 Å². The molecule has 20 heavy (non-hydrogen) atoms. The molecule has 0 amide bonds. The summed E-state index contributed by atoms with van der Waals surface area (Å²) in [5.74, 6) is 0. The van der Waals surface area contributed by atoms with Crippen LogP contribution in [0.4, 0.5) is 0 Å². The normalized spacial score (nSPS) is 11.5. The van der Waals surface area contributed by atoms with E-state index >= 15 is 0 Å². The summed E-state index contributed by atoms with van der Waals surface area (Å²) in [6, 6.07) is 14.6. The number of nitrogens with zero attached hydrogens (tertiary/aromatic N) is 3. The van der Waals surface area contributed by atoms with Crippen LogP contribution in [-0.4, -0.2) is 9.97 Å². The van der Waals surface area contributed by atoms with Crippen molar-refractivity contribution in [2.24, 2.45) is 7.05 Å². The molecule has 2 aromatic carbocycles. The fourth-order valence-electron chi connectivity index (χ4n) is 2.67. The van der Waals surface area contributed by atoms with Crippen molar-refractivity contribution in [3.63, 3.8) is 0 Å². The largest absolute Gasteiger partial charge is 0.286 e. The molecule has 96 valence electrons. The zero-order chi connectivity index (χ0) is 13.7. The Morgan fingerprint density at radius 1 is 0.950 bits per heavy atom. The summed E-state index contributed by atoms with van der Waals surface area (Å²) >= 11 is 0. The highest BCUT2D eigenvalue weighted by molar-refractivity contribution is 6.06. The highest BCUT2D eigenvalue weighted by atomic mass is 15.0. The predicted molar refractivity (Wildman–Crippen MR) is 80.5 cm³/mol. The Bertz CT molecular complexity index is 974. The van der Waals surface area contributed by atoms with Gasteiger partial charge in [-0.05, 0) is 30.1 Å². The fraction of sp³-hybridized carbons (Fsp3) is 0.118. The van der Waals surface area contributed by atoms with Gasteiger partial charge in [-0.2, -0.15) is 0 Å². The van der Waals surface area contributed by atoms with Crippen LogP contribution in [-0.2, 0) is 7.05 Å². The van der Waals surface area contributed by atoms with Crippen LogP contribution in [0.3, 0.4) is 0 Å². The van der Waals surface area contributed by atoms with Crippen LogP contribution in [0.15, 0.2) is 48.8 Å². The molecule has 0 aliphatic heterocycles. The van der Waals surface area contributed by atoms with Crippen molar-refractivity contribution in [3.05, 3.63) is 54.5 Å². The van der Waals surface area contributed by atoms with Crippen LogP contribution in [0.2, 0.25) is 0 Å². The summed E-state index contributed by atoms with van der Waals surface area (Å²) < 4.78 is 2.04. The summed E-state index contributed by atoms with van der Waals surface area (Å²) in [6.45, 7) is 2.11. The Morgan fingerprint density at radius 2 is 1.80 bits per heavy atom. The molecule has 0 saturated heterocycles. The van der Waals surface area contributed by atoms with Gasteiger partial charge in [0.1, 0.15) is 11.2 Å². The Morgan fingerprint density at radius 3 is 2.70 bits per heavy atom. The molecule has 0 atom stereocenters. The standard InChI is InChI=1S/C17H14N3/c1-11-14-8-7-13-9-12-5-3-4-6-15(12)19-16(13)17(14)18-10-20(11)2/h3-10H,1-2H3/q+1.